The summed E-state index contributed by atoms with van der Waals surface area (Å²) in [4.78, 5) is 16.7. The fraction of sp³-hybridized carbons (Fsp3) is 0.500. The van der Waals surface area contributed by atoms with E-state index in [0.717, 1.165) is 6.42 Å². The topological polar surface area (TPSA) is 80.0 Å². The number of rotatable bonds is 8. The van der Waals surface area contributed by atoms with Gasteiger partial charge in [0.25, 0.3) is 5.91 Å². The number of halogens is 1. The largest absolute Gasteiger partial charge is 0.396 e. The Bertz CT molecular complexity index is 728. The minimum atomic E-state index is -0.416. The maximum atomic E-state index is 14.1. The summed E-state index contributed by atoms with van der Waals surface area (Å²) in [6, 6.07) is 6.28. The predicted octanol–water partition coefficient (Wildman–Crippen LogP) is 2.50. The Labute approximate surface area is 147 Å². The van der Waals surface area contributed by atoms with Crippen LogP contribution in [0.3, 0.4) is 0 Å². The van der Waals surface area contributed by atoms with E-state index >= 15 is 0 Å². The van der Waals surface area contributed by atoms with Crippen LogP contribution in [-0.2, 0) is 6.42 Å². The van der Waals surface area contributed by atoms with Crippen molar-refractivity contribution < 1.29 is 14.3 Å². The number of hydrogen-bond acceptors (Lipinski definition) is 4. The van der Waals surface area contributed by atoms with Crippen LogP contribution in [0.25, 0.3) is 5.69 Å². The number of aryl methyl sites for hydroxylation is 1. The molecule has 1 aromatic carbocycles. The van der Waals surface area contributed by atoms with Gasteiger partial charge >= 0.3 is 0 Å². The summed E-state index contributed by atoms with van der Waals surface area (Å²) in [7, 11) is 0. The number of amides is 1. The standard InChI is InChI=1S/C18H25FN4O2/c1-4-7-15-21-16(17(25)20-12-18(2,3)10-11-24)22-23(15)14-9-6-5-8-13(14)19/h5-6,8-9,24H,4,7,10-12H2,1-3H3,(H,20,25). The van der Waals surface area contributed by atoms with E-state index in [2.05, 4.69) is 15.4 Å². The van der Waals surface area contributed by atoms with Crippen LogP contribution < -0.4 is 5.32 Å². The molecule has 0 aliphatic heterocycles. The molecule has 0 fully saturated rings. The molecule has 7 heteroatoms. The Hall–Kier alpha value is -2.28. The molecule has 0 unspecified atom stereocenters. The third-order valence-electron chi connectivity index (χ3n) is 3.95. The van der Waals surface area contributed by atoms with Crippen LogP contribution in [0.4, 0.5) is 4.39 Å². The van der Waals surface area contributed by atoms with Gasteiger partial charge in [0.05, 0.1) is 0 Å². The van der Waals surface area contributed by atoms with Crippen LogP contribution >= 0.6 is 0 Å². The van der Waals surface area contributed by atoms with E-state index in [-0.39, 0.29) is 23.5 Å². The number of nitrogens with zero attached hydrogens (tertiary/aromatic N) is 3. The fourth-order valence-electron chi connectivity index (χ4n) is 2.43. The molecule has 0 aliphatic carbocycles. The normalized spacial score (nSPS) is 11.6. The Morgan fingerprint density at radius 1 is 1.36 bits per heavy atom. The fourth-order valence-corrected chi connectivity index (χ4v) is 2.43. The second-order valence-electron chi connectivity index (χ2n) is 6.79. The average Bonchev–Trinajstić information content (AvgIpc) is 2.97. The quantitative estimate of drug-likeness (QED) is 0.768. The second kappa shape index (κ2) is 8.20. The maximum absolute atomic E-state index is 14.1. The smallest absolute Gasteiger partial charge is 0.291 e. The zero-order valence-electron chi connectivity index (χ0n) is 14.9. The van der Waals surface area contributed by atoms with Crippen molar-refractivity contribution in [3.63, 3.8) is 0 Å². The SMILES string of the molecule is CCCc1nc(C(=O)NCC(C)(C)CCO)nn1-c1ccccc1F. The van der Waals surface area contributed by atoms with Crippen molar-refractivity contribution in [1.29, 1.82) is 0 Å². The number of aromatic nitrogens is 3. The molecule has 6 nitrogen and oxygen atoms in total. The lowest BCUT2D eigenvalue weighted by atomic mass is 9.90. The number of nitrogens with one attached hydrogen (secondary N) is 1. The molecule has 0 atom stereocenters. The molecule has 0 spiro atoms. The second-order valence-corrected chi connectivity index (χ2v) is 6.79. The highest BCUT2D eigenvalue weighted by molar-refractivity contribution is 5.90. The van der Waals surface area contributed by atoms with Crippen molar-refractivity contribution >= 4 is 5.91 Å². The minimum absolute atomic E-state index is 0.0199. The van der Waals surface area contributed by atoms with Crippen molar-refractivity contribution in [3.05, 3.63) is 41.7 Å². The lowest BCUT2D eigenvalue weighted by Crippen LogP contribution is -2.35. The van der Waals surface area contributed by atoms with Crippen LogP contribution in [0, 0.1) is 11.2 Å². The summed E-state index contributed by atoms with van der Waals surface area (Å²) in [5.74, 6) is -0.252. The first-order valence-corrected chi connectivity index (χ1v) is 8.48. The molecule has 2 N–H and O–H groups in total. The highest BCUT2D eigenvalue weighted by Crippen LogP contribution is 2.19. The first-order chi connectivity index (χ1) is 11.9. The van der Waals surface area contributed by atoms with Crippen molar-refractivity contribution in [1.82, 2.24) is 20.1 Å². The number of para-hydroxylation sites is 1. The van der Waals surface area contributed by atoms with Crippen molar-refractivity contribution in [2.24, 2.45) is 5.41 Å². The molecule has 0 radical (unpaired) electrons. The van der Waals surface area contributed by atoms with E-state index in [1.165, 1.54) is 10.7 Å². The van der Waals surface area contributed by atoms with Gasteiger partial charge in [-0.2, -0.15) is 0 Å². The van der Waals surface area contributed by atoms with Crippen LogP contribution in [0.2, 0.25) is 0 Å². The monoisotopic (exact) mass is 348 g/mol. The molecule has 1 heterocycles. The molecule has 2 rings (SSSR count). The third kappa shape index (κ3) is 4.85. The van der Waals surface area contributed by atoms with Gasteiger partial charge in [-0.25, -0.2) is 14.1 Å². The van der Waals surface area contributed by atoms with Gasteiger partial charge in [-0.1, -0.05) is 32.9 Å². The summed E-state index contributed by atoms with van der Waals surface area (Å²) in [6.45, 7) is 6.35. The van der Waals surface area contributed by atoms with Crippen LogP contribution in [0.5, 0.6) is 0 Å². The number of aliphatic hydroxyl groups is 1. The summed E-state index contributed by atoms with van der Waals surface area (Å²) < 4.78 is 15.5. The van der Waals surface area contributed by atoms with Gasteiger partial charge in [-0.05, 0) is 30.4 Å². The van der Waals surface area contributed by atoms with E-state index in [1.54, 1.807) is 18.2 Å². The van der Waals surface area contributed by atoms with Crippen molar-refractivity contribution in [2.45, 2.75) is 40.0 Å². The third-order valence-corrected chi connectivity index (χ3v) is 3.95. The summed E-state index contributed by atoms with van der Waals surface area (Å²) in [5, 5.41) is 16.1. The molecule has 0 aliphatic rings. The summed E-state index contributed by atoms with van der Waals surface area (Å²) in [5.41, 5.74) is 0.0446. The zero-order chi connectivity index (χ0) is 18.4. The molecular weight excluding hydrogens is 323 g/mol. The highest BCUT2D eigenvalue weighted by atomic mass is 19.1. The first-order valence-electron chi connectivity index (χ1n) is 8.48. The van der Waals surface area contributed by atoms with E-state index in [0.29, 0.717) is 25.2 Å². The lowest BCUT2D eigenvalue weighted by Gasteiger charge is -2.23. The molecule has 1 aromatic heterocycles. The molecular formula is C18H25FN4O2. The van der Waals surface area contributed by atoms with Crippen LogP contribution in [0.15, 0.2) is 24.3 Å². The van der Waals surface area contributed by atoms with Gasteiger partial charge < -0.3 is 10.4 Å². The average molecular weight is 348 g/mol. The molecule has 1 amide bonds. The van der Waals surface area contributed by atoms with Gasteiger partial charge in [0, 0.05) is 19.6 Å². The number of benzene rings is 1. The van der Waals surface area contributed by atoms with Crippen molar-refractivity contribution in [3.8, 4) is 5.69 Å². The highest BCUT2D eigenvalue weighted by Gasteiger charge is 2.22. The lowest BCUT2D eigenvalue weighted by molar-refractivity contribution is 0.0917. The van der Waals surface area contributed by atoms with Gasteiger partial charge in [-0.15, -0.1) is 5.10 Å². The Balaban J connectivity index is 2.23. The van der Waals surface area contributed by atoms with E-state index in [9.17, 15) is 9.18 Å². The summed E-state index contributed by atoms with van der Waals surface area (Å²) >= 11 is 0. The predicted molar refractivity (Wildman–Crippen MR) is 93.1 cm³/mol. The minimum Gasteiger partial charge on any atom is -0.396 e. The summed E-state index contributed by atoms with van der Waals surface area (Å²) in [6.07, 6.45) is 1.97. The van der Waals surface area contributed by atoms with E-state index in [4.69, 9.17) is 5.11 Å². The van der Waals surface area contributed by atoms with Gasteiger partial charge in [-0.3, -0.25) is 4.79 Å². The maximum Gasteiger partial charge on any atom is 0.291 e. The van der Waals surface area contributed by atoms with E-state index < -0.39 is 11.7 Å². The number of aliphatic hydroxyl groups excluding tert-OH is 1. The molecule has 0 saturated heterocycles. The van der Waals surface area contributed by atoms with Gasteiger partial charge in [0.15, 0.2) is 0 Å². The molecule has 25 heavy (non-hydrogen) atoms. The molecule has 136 valence electrons. The number of carbonyl (C=O) groups excluding carboxylic acids is 1. The Morgan fingerprint density at radius 2 is 2.08 bits per heavy atom. The van der Waals surface area contributed by atoms with Gasteiger partial charge in [0.1, 0.15) is 17.3 Å². The number of carbonyl (C=O) groups is 1. The van der Waals surface area contributed by atoms with Crippen molar-refractivity contribution in [2.75, 3.05) is 13.2 Å². The molecule has 0 saturated carbocycles. The van der Waals surface area contributed by atoms with E-state index in [1.807, 2.05) is 20.8 Å². The zero-order valence-corrected chi connectivity index (χ0v) is 14.9. The molecule has 0 bridgehead atoms. The van der Waals surface area contributed by atoms with Gasteiger partial charge in [0.2, 0.25) is 5.82 Å². The van der Waals surface area contributed by atoms with Crippen LogP contribution in [-0.4, -0.2) is 38.9 Å². The van der Waals surface area contributed by atoms with Crippen LogP contribution in [0.1, 0.15) is 50.1 Å². The Kier molecular flexibility index (Phi) is 6.25. The first kappa shape index (κ1) is 19.1. The number of hydrogen-bond donors (Lipinski definition) is 2. The molecule has 2 aromatic rings. The Morgan fingerprint density at radius 3 is 2.72 bits per heavy atom.